The van der Waals surface area contributed by atoms with Gasteiger partial charge in [0, 0.05) is 21.0 Å². The van der Waals surface area contributed by atoms with E-state index >= 15 is 0 Å². The SMILES string of the molecule is Cc1c(Br)cc(O[C@@H]2C[C@H]3CCC[C@@H](C2)N3)cc1Br. The number of hydrogen-bond donors (Lipinski definition) is 1. The topological polar surface area (TPSA) is 21.3 Å². The van der Waals surface area contributed by atoms with Gasteiger partial charge in [-0.3, -0.25) is 0 Å². The van der Waals surface area contributed by atoms with Crippen LogP contribution in [0.25, 0.3) is 0 Å². The average molecular weight is 389 g/mol. The van der Waals surface area contributed by atoms with Crippen molar-refractivity contribution in [1.82, 2.24) is 5.32 Å². The third-order valence-electron chi connectivity index (χ3n) is 4.23. The van der Waals surface area contributed by atoms with Crippen molar-refractivity contribution < 1.29 is 4.74 Å². The van der Waals surface area contributed by atoms with E-state index in [1.807, 2.05) is 0 Å². The van der Waals surface area contributed by atoms with Gasteiger partial charge in [-0.2, -0.15) is 0 Å². The van der Waals surface area contributed by atoms with Gasteiger partial charge in [0.15, 0.2) is 0 Å². The molecule has 3 rings (SSSR count). The summed E-state index contributed by atoms with van der Waals surface area (Å²) in [5.74, 6) is 0.967. The van der Waals surface area contributed by atoms with E-state index in [0.717, 1.165) is 27.5 Å². The molecule has 2 aliphatic rings. The summed E-state index contributed by atoms with van der Waals surface area (Å²) in [5, 5.41) is 3.70. The zero-order valence-corrected chi connectivity index (χ0v) is 14.3. The van der Waals surface area contributed by atoms with Gasteiger partial charge in [-0.05, 0) is 50.3 Å². The lowest BCUT2D eigenvalue weighted by Crippen LogP contribution is -2.51. The lowest BCUT2D eigenvalue weighted by Gasteiger charge is -2.40. The third kappa shape index (κ3) is 3.17. The number of rotatable bonds is 2. The molecular formula is C15H19Br2NO. The van der Waals surface area contributed by atoms with Crippen molar-refractivity contribution in [2.75, 3.05) is 0 Å². The molecule has 2 fully saturated rings. The van der Waals surface area contributed by atoms with Gasteiger partial charge in [0.05, 0.1) is 0 Å². The molecule has 2 nitrogen and oxygen atoms in total. The van der Waals surface area contributed by atoms with Crippen LogP contribution < -0.4 is 10.1 Å². The summed E-state index contributed by atoms with van der Waals surface area (Å²) in [7, 11) is 0. The summed E-state index contributed by atoms with van der Waals surface area (Å²) in [6.07, 6.45) is 6.61. The van der Waals surface area contributed by atoms with Crippen molar-refractivity contribution in [3.63, 3.8) is 0 Å². The van der Waals surface area contributed by atoms with Gasteiger partial charge in [-0.1, -0.05) is 38.3 Å². The van der Waals surface area contributed by atoms with Crippen LogP contribution in [0.5, 0.6) is 5.75 Å². The smallest absolute Gasteiger partial charge is 0.121 e. The number of nitrogens with one attached hydrogen (secondary N) is 1. The molecule has 0 aromatic heterocycles. The monoisotopic (exact) mass is 387 g/mol. The van der Waals surface area contributed by atoms with Crippen LogP contribution in [0, 0.1) is 6.92 Å². The Kier molecular flexibility index (Phi) is 4.20. The standard InChI is InChI=1S/C15H19Br2NO/c1-9-14(16)7-13(8-15(9)17)19-12-5-10-3-2-4-11(6-12)18-10/h7-8,10-12,18H,2-6H2,1H3/t10-,11+,12-. The molecule has 4 heteroatoms. The molecule has 1 aromatic rings. The fraction of sp³-hybridized carbons (Fsp3) is 0.600. The number of ether oxygens (including phenoxy) is 1. The van der Waals surface area contributed by atoms with E-state index in [1.54, 1.807) is 0 Å². The highest BCUT2D eigenvalue weighted by Crippen LogP contribution is 2.33. The fourth-order valence-corrected chi connectivity index (χ4v) is 4.34. The molecule has 0 amide bonds. The number of fused-ring (bicyclic) bond motifs is 2. The lowest BCUT2D eigenvalue weighted by atomic mass is 9.85. The van der Waals surface area contributed by atoms with Gasteiger partial charge in [-0.25, -0.2) is 0 Å². The minimum atomic E-state index is 0.359. The summed E-state index contributed by atoms with van der Waals surface area (Å²) >= 11 is 7.18. The highest BCUT2D eigenvalue weighted by Gasteiger charge is 2.32. The molecule has 2 bridgehead atoms. The maximum atomic E-state index is 6.21. The quantitative estimate of drug-likeness (QED) is 0.800. The van der Waals surface area contributed by atoms with Crippen molar-refractivity contribution in [2.24, 2.45) is 0 Å². The van der Waals surface area contributed by atoms with E-state index in [0.29, 0.717) is 18.2 Å². The fourth-order valence-electron chi connectivity index (χ4n) is 3.19. The highest BCUT2D eigenvalue weighted by atomic mass is 79.9. The van der Waals surface area contributed by atoms with E-state index in [-0.39, 0.29) is 0 Å². The van der Waals surface area contributed by atoms with E-state index < -0.39 is 0 Å². The van der Waals surface area contributed by atoms with Gasteiger partial charge in [0.25, 0.3) is 0 Å². The second-order valence-electron chi connectivity index (χ2n) is 5.71. The van der Waals surface area contributed by atoms with Crippen molar-refractivity contribution in [2.45, 2.75) is 57.2 Å². The number of benzene rings is 1. The molecule has 19 heavy (non-hydrogen) atoms. The van der Waals surface area contributed by atoms with E-state index in [2.05, 4.69) is 56.2 Å². The zero-order valence-electron chi connectivity index (χ0n) is 11.1. The first kappa shape index (κ1) is 13.9. The normalized spacial score (nSPS) is 30.2. The van der Waals surface area contributed by atoms with Crippen molar-refractivity contribution >= 4 is 31.9 Å². The van der Waals surface area contributed by atoms with Crippen LogP contribution in [-0.4, -0.2) is 18.2 Å². The molecule has 2 aliphatic heterocycles. The van der Waals surface area contributed by atoms with Gasteiger partial charge >= 0.3 is 0 Å². The second kappa shape index (κ2) is 5.74. The highest BCUT2D eigenvalue weighted by molar-refractivity contribution is 9.11. The van der Waals surface area contributed by atoms with Crippen LogP contribution in [-0.2, 0) is 0 Å². The maximum Gasteiger partial charge on any atom is 0.121 e. The van der Waals surface area contributed by atoms with Crippen molar-refractivity contribution in [3.05, 3.63) is 26.6 Å². The Morgan fingerprint density at radius 1 is 1.11 bits per heavy atom. The van der Waals surface area contributed by atoms with Crippen LogP contribution >= 0.6 is 31.9 Å². The van der Waals surface area contributed by atoms with Crippen LogP contribution in [0.2, 0.25) is 0 Å². The Labute approximate surface area is 131 Å². The lowest BCUT2D eigenvalue weighted by molar-refractivity contribution is 0.0926. The third-order valence-corrected chi connectivity index (χ3v) is 5.88. The Morgan fingerprint density at radius 2 is 1.68 bits per heavy atom. The summed E-state index contributed by atoms with van der Waals surface area (Å²) in [6, 6.07) is 5.49. The molecule has 0 aliphatic carbocycles. The second-order valence-corrected chi connectivity index (χ2v) is 7.42. The van der Waals surface area contributed by atoms with Crippen molar-refractivity contribution in [1.29, 1.82) is 0 Å². The number of hydrogen-bond acceptors (Lipinski definition) is 2. The predicted molar refractivity (Wildman–Crippen MR) is 84.8 cm³/mol. The van der Waals surface area contributed by atoms with Crippen LogP contribution in [0.15, 0.2) is 21.1 Å². The first-order valence-electron chi connectivity index (χ1n) is 7.00. The summed E-state index contributed by atoms with van der Waals surface area (Å²) in [6.45, 7) is 2.09. The molecule has 2 saturated heterocycles. The molecule has 104 valence electrons. The Morgan fingerprint density at radius 3 is 2.26 bits per heavy atom. The summed E-state index contributed by atoms with van der Waals surface area (Å²) in [5.41, 5.74) is 1.22. The van der Waals surface area contributed by atoms with Crippen molar-refractivity contribution in [3.8, 4) is 5.75 Å². The molecule has 1 N–H and O–H groups in total. The van der Waals surface area contributed by atoms with Crippen LogP contribution in [0.1, 0.15) is 37.7 Å². The number of halogens is 2. The minimum Gasteiger partial charge on any atom is -0.490 e. The van der Waals surface area contributed by atoms with E-state index in [4.69, 9.17) is 4.74 Å². The first-order valence-corrected chi connectivity index (χ1v) is 8.59. The van der Waals surface area contributed by atoms with Gasteiger partial charge in [0.2, 0.25) is 0 Å². The molecule has 1 aromatic carbocycles. The van der Waals surface area contributed by atoms with Crippen LogP contribution in [0.3, 0.4) is 0 Å². The molecule has 0 saturated carbocycles. The number of piperidine rings is 2. The molecular weight excluding hydrogens is 370 g/mol. The van der Waals surface area contributed by atoms with Gasteiger partial charge < -0.3 is 10.1 Å². The zero-order chi connectivity index (χ0) is 13.4. The molecule has 0 spiro atoms. The van der Waals surface area contributed by atoms with Crippen LogP contribution in [0.4, 0.5) is 0 Å². The van der Waals surface area contributed by atoms with E-state index in [9.17, 15) is 0 Å². The summed E-state index contributed by atoms with van der Waals surface area (Å²) in [4.78, 5) is 0. The van der Waals surface area contributed by atoms with Gasteiger partial charge in [-0.15, -0.1) is 0 Å². The summed E-state index contributed by atoms with van der Waals surface area (Å²) < 4.78 is 8.41. The molecule has 3 atom stereocenters. The molecule has 0 unspecified atom stereocenters. The largest absolute Gasteiger partial charge is 0.490 e. The first-order chi connectivity index (χ1) is 9.11. The molecule has 0 radical (unpaired) electrons. The Balaban J connectivity index is 1.71. The maximum absolute atomic E-state index is 6.21. The van der Waals surface area contributed by atoms with Gasteiger partial charge in [0.1, 0.15) is 11.9 Å². The Hall–Kier alpha value is -0.0600. The molecule has 2 heterocycles. The Bertz CT molecular complexity index is 442. The predicted octanol–water partition coefficient (Wildman–Crippen LogP) is 4.57. The average Bonchev–Trinajstić information content (AvgIpc) is 2.35. The van der Waals surface area contributed by atoms with E-state index in [1.165, 1.54) is 24.8 Å². The minimum absolute atomic E-state index is 0.359.